The lowest BCUT2D eigenvalue weighted by atomic mass is 10.3. The second-order valence-corrected chi connectivity index (χ2v) is 4.52. The maximum atomic E-state index is 11.9. The van der Waals surface area contributed by atoms with Gasteiger partial charge in [-0.15, -0.1) is 16.9 Å². The highest BCUT2D eigenvalue weighted by atomic mass is 32.2. The van der Waals surface area contributed by atoms with Crippen LogP contribution in [0.2, 0.25) is 0 Å². The van der Waals surface area contributed by atoms with Crippen molar-refractivity contribution in [3.8, 4) is 0 Å². The molecular formula is C12H14N4OS. The van der Waals surface area contributed by atoms with Crippen molar-refractivity contribution in [2.75, 3.05) is 11.6 Å². The molecule has 18 heavy (non-hydrogen) atoms. The molecule has 0 aliphatic carbocycles. The third-order valence-electron chi connectivity index (χ3n) is 2.40. The Morgan fingerprint density at radius 3 is 3.00 bits per heavy atom. The van der Waals surface area contributed by atoms with Gasteiger partial charge in [0.2, 0.25) is 5.82 Å². The standard InChI is InChI=1S/C12H14N4OS/c1-3-10-14-11(16-15-10)12(17)13-8-5-4-6-9(7-8)18-2/h4-7H,3H2,1-2H3,(H,13,17)(H,14,15,16). The van der Waals surface area contributed by atoms with Gasteiger partial charge in [-0.05, 0) is 24.5 Å². The van der Waals surface area contributed by atoms with E-state index in [1.165, 1.54) is 0 Å². The van der Waals surface area contributed by atoms with Crippen molar-refractivity contribution in [1.29, 1.82) is 0 Å². The molecule has 2 N–H and O–H groups in total. The molecule has 0 spiro atoms. The number of rotatable bonds is 4. The van der Waals surface area contributed by atoms with Crippen LogP contribution in [-0.2, 0) is 6.42 Å². The molecule has 2 rings (SSSR count). The topological polar surface area (TPSA) is 70.7 Å². The molecule has 1 heterocycles. The van der Waals surface area contributed by atoms with Gasteiger partial charge in [-0.3, -0.25) is 9.89 Å². The first-order chi connectivity index (χ1) is 8.72. The number of aryl methyl sites for hydroxylation is 1. The van der Waals surface area contributed by atoms with E-state index in [9.17, 15) is 4.79 Å². The highest BCUT2D eigenvalue weighted by molar-refractivity contribution is 7.98. The summed E-state index contributed by atoms with van der Waals surface area (Å²) in [6, 6.07) is 7.64. The van der Waals surface area contributed by atoms with Gasteiger partial charge in [-0.2, -0.15) is 0 Å². The zero-order valence-electron chi connectivity index (χ0n) is 10.2. The fourth-order valence-electron chi connectivity index (χ4n) is 1.44. The van der Waals surface area contributed by atoms with Crippen molar-refractivity contribution >= 4 is 23.4 Å². The van der Waals surface area contributed by atoms with Gasteiger partial charge >= 0.3 is 0 Å². The lowest BCUT2D eigenvalue weighted by Gasteiger charge is -2.03. The molecule has 0 aliphatic heterocycles. The Morgan fingerprint density at radius 1 is 1.50 bits per heavy atom. The van der Waals surface area contributed by atoms with Crippen LogP contribution in [0.4, 0.5) is 5.69 Å². The minimum Gasteiger partial charge on any atom is -0.319 e. The second kappa shape index (κ2) is 5.68. The SMILES string of the molecule is CCc1nc(C(=O)Nc2cccc(SC)c2)n[nH]1. The van der Waals surface area contributed by atoms with Crippen LogP contribution in [0.15, 0.2) is 29.2 Å². The van der Waals surface area contributed by atoms with E-state index in [-0.39, 0.29) is 11.7 Å². The molecule has 1 aromatic heterocycles. The van der Waals surface area contributed by atoms with Crippen LogP contribution < -0.4 is 5.32 Å². The van der Waals surface area contributed by atoms with E-state index < -0.39 is 0 Å². The van der Waals surface area contributed by atoms with Crippen molar-refractivity contribution in [3.63, 3.8) is 0 Å². The van der Waals surface area contributed by atoms with Crippen LogP contribution in [0.5, 0.6) is 0 Å². The number of H-pyrrole nitrogens is 1. The van der Waals surface area contributed by atoms with E-state index in [1.54, 1.807) is 11.8 Å². The molecule has 0 radical (unpaired) electrons. The summed E-state index contributed by atoms with van der Waals surface area (Å²) in [7, 11) is 0. The van der Waals surface area contributed by atoms with E-state index in [2.05, 4.69) is 20.5 Å². The summed E-state index contributed by atoms with van der Waals surface area (Å²) in [4.78, 5) is 17.1. The van der Waals surface area contributed by atoms with Gasteiger partial charge in [0.15, 0.2) is 0 Å². The maximum Gasteiger partial charge on any atom is 0.295 e. The van der Waals surface area contributed by atoms with Crippen LogP contribution in [0.1, 0.15) is 23.4 Å². The smallest absolute Gasteiger partial charge is 0.295 e. The minimum absolute atomic E-state index is 0.168. The molecule has 0 fully saturated rings. The molecule has 0 aliphatic rings. The van der Waals surface area contributed by atoms with Gasteiger partial charge in [-0.1, -0.05) is 13.0 Å². The molecule has 0 atom stereocenters. The predicted octanol–water partition coefficient (Wildman–Crippen LogP) is 2.34. The predicted molar refractivity (Wildman–Crippen MR) is 71.9 cm³/mol. The molecule has 1 aromatic carbocycles. The fraction of sp³-hybridized carbons (Fsp3) is 0.250. The van der Waals surface area contributed by atoms with Crippen LogP contribution in [0, 0.1) is 0 Å². The second-order valence-electron chi connectivity index (χ2n) is 3.65. The van der Waals surface area contributed by atoms with Crippen molar-refractivity contribution in [3.05, 3.63) is 35.9 Å². The van der Waals surface area contributed by atoms with Gasteiger partial charge in [0.05, 0.1) is 0 Å². The number of benzene rings is 1. The molecule has 1 amide bonds. The van der Waals surface area contributed by atoms with Crippen molar-refractivity contribution in [2.45, 2.75) is 18.2 Å². The highest BCUT2D eigenvalue weighted by Crippen LogP contribution is 2.19. The Morgan fingerprint density at radius 2 is 2.33 bits per heavy atom. The molecule has 0 unspecified atom stereocenters. The van der Waals surface area contributed by atoms with Crippen LogP contribution in [-0.4, -0.2) is 27.3 Å². The summed E-state index contributed by atoms with van der Waals surface area (Å²) in [6.45, 7) is 1.95. The Kier molecular flexibility index (Phi) is 3.99. The zero-order valence-corrected chi connectivity index (χ0v) is 11.0. The lowest BCUT2D eigenvalue weighted by Crippen LogP contribution is -2.13. The molecule has 0 bridgehead atoms. The van der Waals surface area contributed by atoms with Gasteiger partial charge in [-0.25, -0.2) is 4.98 Å². The molecule has 2 aromatic rings. The first kappa shape index (κ1) is 12.6. The Labute approximate surface area is 109 Å². The molecule has 0 saturated carbocycles. The average Bonchev–Trinajstić information content (AvgIpc) is 2.88. The third kappa shape index (κ3) is 2.89. The largest absolute Gasteiger partial charge is 0.319 e. The fourth-order valence-corrected chi connectivity index (χ4v) is 1.90. The summed E-state index contributed by atoms with van der Waals surface area (Å²) >= 11 is 1.62. The van der Waals surface area contributed by atoms with E-state index in [4.69, 9.17) is 0 Å². The quantitative estimate of drug-likeness (QED) is 0.830. The van der Waals surface area contributed by atoms with Crippen LogP contribution >= 0.6 is 11.8 Å². The molecule has 0 saturated heterocycles. The minimum atomic E-state index is -0.302. The monoisotopic (exact) mass is 262 g/mol. The number of carbonyl (C=O) groups excluding carboxylic acids is 1. The summed E-state index contributed by atoms with van der Waals surface area (Å²) < 4.78 is 0. The number of aromatic amines is 1. The Bertz CT molecular complexity index is 553. The number of thioether (sulfide) groups is 1. The van der Waals surface area contributed by atoms with E-state index in [0.29, 0.717) is 5.82 Å². The number of aromatic nitrogens is 3. The molecule has 6 heteroatoms. The highest BCUT2D eigenvalue weighted by Gasteiger charge is 2.12. The summed E-state index contributed by atoms with van der Waals surface area (Å²) in [5, 5.41) is 9.36. The normalized spacial score (nSPS) is 10.3. The van der Waals surface area contributed by atoms with Gasteiger partial charge in [0, 0.05) is 17.0 Å². The lowest BCUT2D eigenvalue weighted by molar-refractivity contribution is 0.101. The van der Waals surface area contributed by atoms with E-state index in [0.717, 1.165) is 17.0 Å². The number of hydrogen-bond acceptors (Lipinski definition) is 4. The van der Waals surface area contributed by atoms with Gasteiger partial charge < -0.3 is 5.32 Å². The first-order valence-corrected chi connectivity index (χ1v) is 6.82. The summed E-state index contributed by atoms with van der Waals surface area (Å²) in [6.07, 6.45) is 2.71. The number of amides is 1. The average molecular weight is 262 g/mol. The van der Waals surface area contributed by atoms with Gasteiger partial charge in [0.1, 0.15) is 5.82 Å². The molecule has 94 valence electrons. The number of carbonyl (C=O) groups is 1. The Hall–Kier alpha value is -1.82. The van der Waals surface area contributed by atoms with Crippen molar-refractivity contribution in [2.24, 2.45) is 0 Å². The van der Waals surface area contributed by atoms with Crippen LogP contribution in [0.25, 0.3) is 0 Å². The molecular weight excluding hydrogens is 248 g/mol. The number of nitrogens with one attached hydrogen (secondary N) is 2. The summed E-state index contributed by atoms with van der Waals surface area (Å²) in [5.74, 6) is 0.573. The third-order valence-corrected chi connectivity index (χ3v) is 3.12. The maximum absolute atomic E-state index is 11.9. The first-order valence-electron chi connectivity index (χ1n) is 5.59. The van der Waals surface area contributed by atoms with E-state index >= 15 is 0 Å². The Balaban J connectivity index is 2.10. The summed E-state index contributed by atoms with van der Waals surface area (Å²) in [5.41, 5.74) is 0.745. The molecule has 5 nitrogen and oxygen atoms in total. The number of hydrogen-bond donors (Lipinski definition) is 2. The number of nitrogens with zero attached hydrogens (tertiary/aromatic N) is 2. The zero-order chi connectivity index (χ0) is 13.0. The van der Waals surface area contributed by atoms with Gasteiger partial charge in [0.25, 0.3) is 5.91 Å². The van der Waals surface area contributed by atoms with Crippen molar-refractivity contribution in [1.82, 2.24) is 15.2 Å². The number of anilines is 1. The van der Waals surface area contributed by atoms with E-state index in [1.807, 2.05) is 37.4 Å². The van der Waals surface area contributed by atoms with Crippen molar-refractivity contribution < 1.29 is 4.79 Å². The van der Waals surface area contributed by atoms with Crippen LogP contribution in [0.3, 0.4) is 0 Å².